The summed E-state index contributed by atoms with van der Waals surface area (Å²) in [4.78, 5) is 28.1. The number of nitrogens with zero attached hydrogens (tertiary/aromatic N) is 11. The number of aromatic nitrogens is 11. The van der Waals surface area contributed by atoms with E-state index in [0.29, 0.717) is 35.5 Å². The second-order valence-electron chi connectivity index (χ2n) is 14.1. The minimum Gasteiger partial charge on any atom is -0.264 e. The number of hydrogen-bond acceptors (Lipinski definition) is 11. The molecule has 364 valence electrons. The summed E-state index contributed by atoms with van der Waals surface area (Å²) in [6.45, 7) is 45.5. The van der Waals surface area contributed by atoms with Crippen LogP contribution in [-0.2, 0) is 0 Å². The van der Waals surface area contributed by atoms with Gasteiger partial charge in [0.15, 0.2) is 0 Å². The van der Waals surface area contributed by atoms with Gasteiger partial charge in [-0.1, -0.05) is 158 Å². The number of hydrogen-bond donors (Lipinski definition) is 0. The lowest BCUT2D eigenvalue weighted by molar-refractivity contribution is 0.729. The van der Waals surface area contributed by atoms with Crippen LogP contribution in [0.3, 0.4) is 0 Å². The fourth-order valence-electron chi connectivity index (χ4n) is 4.03. The van der Waals surface area contributed by atoms with Crippen LogP contribution < -0.4 is 0 Å². The van der Waals surface area contributed by atoms with Crippen LogP contribution in [-0.4, -0.2) is 55.3 Å². The molecule has 0 aliphatic rings. The highest BCUT2D eigenvalue weighted by Crippen LogP contribution is 2.16. The summed E-state index contributed by atoms with van der Waals surface area (Å²) in [5.74, 6) is 4.03. The summed E-state index contributed by atoms with van der Waals surface area (Å²) in [6, 6.07) is 13.7. The van der Waals surface area contributed by atoms with Crippen molar-refractivity contribution in [3.8, 4) is 0 Å². The maximum absolute atomic E-state index is 4.12. The molecule has 0 aromatic carbocycles. The van der Waals surface area contributed by atoms with Crippen LogP contribution in [0, 0.1) is 0 Å². The lowest BCUT2D eigenvalue weighted by atomic mass is 10.0. The van der Waals surface area contributed by atoms with Crippen molar-refractivity contribution in [2.75, 3.05) is 0 Å². The maximum atomic E-state index is 4.12. The fourth-order valence-corrected chi connectivity index (χ4v) is 4.03. The minimum absolute atomic E-state index is 0.436. The zero-order valence-corrected chi connectivity index (χ0v) is 45.1. The van der Waals surface area contributed by atoms with Gasteiger partial charge in [0, 0.05) is 73.6 Å². The first-order chi connectivity index (χ1) is 31.4. The van der Waals surface area contributed by atoms with Crippen molar-refractivity contribution in [3.05, 3.63) is 151 Å². The van der Waals surface area contributed by atoms with E-state index in [4.69, 9.17) is 0 Å². The summed E-state index contributed by atoms with van der Waals surface area (Å²) in [5.41, 5.74) is 5.79. The van der Waals surface area contributed by atoms with Gasteiger partial charge in [-0.05, 0) is 83.5 Å². The molecule has 1 unspecified atom stereocenters. The lowest BCUT2D eigenvalue weighted by Gasteiger charge is -2.05. The Hall–Kier alpha value is -5.45. The molecule has 11 heteroatoms. The molecule has 0 amide bonds. The van der Waals surface area contributed by atoms with Crippen molar-refractivity contribution in [2.24, 2.45) is 0 Å². The van der Waals surface area contributed by atoms with Crippen molar-refractivity contribution in [2.45, 2.75) is 194 Å². The van der Waals surface area contributed by atoms with Crippen molar-refractivity contribution in [1.82, 2.24) is 55.3 Å². The molecule has 0 fully saturated rings. The third-order valence-corrected chi connectivity index (χ3v) is 7.80. The molecule has 11 nitrogen and oxygen atoms in total. The highest BCUT2D eigenvalue weighted by atomic mass is 15.1. The molecule has 65 heavy (non-hydrogen) atoms. The second kappa shape index (κ2) is 51.2. The molecule has 1 atom stereocenters. The Labute approximate surface area is 399 Å². The van der Waals surface area contributed by atoms with Crippen LogP contribution in [0.25, 0.3) is 0 Å². The van der Waals surface area contributed by atoms with Crippen molar-refractivity contribution >= 4 is 0 Å². The Morgan fingerprint density at radius 3 is 1.25 bits per heavy atom. The molecule has 0 aliphatic carbocycles. The summed E-state index contributed by atoms with van der Waals surface area (Å²) < 4.78 is 0. The highest BCUT2D eigenvalue weighted by molar-refractivity contribution is 5.13. The van der Waals surface area contributed by atoms with E-state index in [2.05, 4.69) is 144 Å². The SMILES string of the molecule is CC.CC.CC.CC.CC.CC(C)c1cccnn1.CC(C)c1ccncn1.CC(C)c1ccnnc1.CC(C)c1cnccn1.CC(C)c1ncccn1.CCC(C)c1cccnc1. The average Bonchev–Trinajstić information content (AvgIpc) is 3.39. The van der Waals surface area contributed by atoms with Gasteiger partial charge >= 0.3 is 0 Å². The summed E-state index contributed by atoms with van der Waals surface area (Å²) in [7, 11) is 0. The van der Waals surface area contributed by atoms with Crippen LogP contribution in [0.15, 0.2) is 117 Å². The quantitative estimate of drug-likeness (QED) is 0.151. The predicted molar refractivity (Wildman–Crippen MR) is 280 cm³/mol. The second-order valence-corrected chi connectivity index (χ2v) is 14.1. The normalized spacial score (nSPS) is 9.46. The Bertz CT molecular complexity index is 1460. The van der Waals surface area contributed by atoms with Gasteiger partial charge in [0.05, 0.1) is 17.6 Å². The molecule has 6 rings (SSSR count). The highest BCUT2D eigenvalue weighted by Gasteiger charge is 2.01. The van der Waals surface area contributed by atoms with E-state index in [9.17, 15) is 0 Å². The average molecular weight is 896 g/mol. The van der Waals surface area contributed by atoms with Gasteiger partial charge in [0.1, 0.15) is 12.2 Å². The standard InChI is InChI=1S/C9H13N.5C7H10N2.5C2H6/c1-3-8(2)9-5-4-6-10-7-9;1-6(2)7-5-8-3-4-9-7;1-6(2)7-3-4-8-5-9-7;1-6(2)7-3-4-8-9-5-7;1-6(2)7-8-4-3-5-9-7;1-6(2)7-4-3-5-8-9-7;5*1-2/h4-8H,3H2,1-2H3;5*3-6H,1-2H3;5*1-2H3. The first-order valence-corrected chi connectivity index (χ1v) is 24.1. The van der Waals surface area contributed by atoms with Crippen LogP contribution in [0.1, 0.15) is 228 Å². The molecular weight excluding hydrogens is 803 g/mol. The van der Waals surface area contributed by atoms with Gasteiger partial charge in [-0.25, -0.2) is 19.9 Å². The Morgan fingerprint density at radius 2 is 0.938 bits per heavy atom. The molecule has 0 radical (unpaired) electrons. The van der Waals surface area contributed by atoms with Crippen molar-refractivity contribution in [3.63, 3.8) is 0 Å². The number of rotatable bonds is 7. The molecule has 0 spiro atoms. The van der Waals surface area contributed by atoms with Crippen molar-refractivity contribution < 1.29 is 0 Å². The molecule has 0 saturated heterocycles. The van der Waals surface area contributed by atoms with Crippen LogP contribution >= 0.6 is 0 Å². The van der Waals surface area contributed by atoms with E-state index in [1.807, 2.05) is 118 Å². The van der Waals surface area contributed by atoms with E-state index >= 15 is 0 Å². The zero-order valence-electron chi connectivity index (χ0n) is 45.1. The van der Waals surface area contributed by atoms with E-state index in [0.717, 1.165) is 22.9 Å². The van der Waals surface area contributed by atoms with Gasteiger partial charge in [-0.15, -0.1) is 0 Å². The minimum atomic E-state index is 0.436. The van der Waals surface area contributed by atoms with Gasteiger partial charge in [-0.3, -0.25) is 15.0 Å². The molecule has 6 heterocycles. The summed E-state index contributed by atoms with van der Waals surface area (Å²) in [6.07, 6.45) is 22.2. The maximum Gasteiger partial charge on any atom is 0.130 e. The largest absolute Gasteiger partial charge is 0.264 e. The van der Waals surface area contributed by atoms with Crippen LogP contribution in [0.5, 0.6) is 0 Å². The monoisotopic (exact) mass is 896 g/mol. The Kier molecular flexibility index (Phi) is 54.0. The molecule has 0 saturated carbocycles. The van der Waals surface area contributed by atoms with Crippen LogP contribution in [0.2, 0.25) is 0 Å². The lowest BCUT2D eigenvalue weighted by Crippen LogP contribution is -1.93. The number of pyridine rings is 1. The Balaban J connectivity index is -0.000000213. The van der Waals surface area contributed by atoms with E-state index in [1.165, 1.54) is 17.5 Å². The molecular formula is C54H93N11. The third-order valence-electron chi connectivity index (χ3n) is 7.80. The molecule has 6 aromatic heterocycles. The van der Waals surface area contributed by atoms with Gasteiger partial charge in [-0.2, -0.15) is 20.4 Å². The van der Waals surface area contributed by atoms with Gasteiger partial charge in [0.25, 0.3) is 0 Å². The molecule has 6 aromatic rings. The van der Waals surface area contributed by atoms with Crippen LogP contribution in [0.4, 0.5) is 0 Å². The third kappa shape index (κ3) is 39.8. The van der Waals surface area contributed by atoms with Gasteiger partial charge < -0.3 is 0 Å². The van der Waals surface area contributed by atoms with E-state index < -0.39 is 0 Å². The van der Waals surface area contributed by atoms with E-state index in [-0.39, 0.29) is 0 Å². The molecule has 0 N–H and O–H groups in total. The first-order valence-electron chi connectivity index (χ1n) is 24.1. The Morgan fingerprint density at radius 1 is 0.369 bits per heavy atom. The first kappa shape index (κ1) is 68.6. The smallest absolute Gasteiger partial charge is 0.130 e. The predicted octanol–water partition coefficient (Wildman–Crippen LogP) is 15.7. The zero-order chi connectivity index (χ0) is 50.8. The molecule has 0 bridgehead atoms. The summed E-state index contributed by atoms with van der Waals surface area (Å²) >= 11 is 0. The topological polar surface area (TPSA) is 142 Å². The molecule has 0 aliphatic heterocycles. The fraction of sp³-hybridized carbons (Fsp3) is 0.537. The summed E-state index contributed by atoms with van der Waals surface area (Å²) in [5, 5.41) is 15.1. The van der Waals surface area contributed by atoms with Gasteiger partial charge in [0.2, 0.25) is 0 Å². The van der Waals surface area contributed by atoms with E-state index in [1.54, 1.807) is 62.1 Å². The van der Waals surface area contributed by atoms with Crippen molar-refractivity contribution in [1.29, 1.82) is 0 Å².